The molecule has 172 valence electrons. The summed E-state index contributed by atoms with van der Waals surface area (Å²) in [4.78, 5) is 3.43. The van der Waals surface area contributed by atoms with Crippen LogP contribution in [0.1, 0.15) is 42.4 Å². The van der Waals surface area contributed by atoms with Crippen molar-refractivity contribution in [2.75, 3.05) is 32.9 Å². The second kappa shape index (κ2) is 9.75. The Morgan fingerprint density at radius 2 is 1.62 bits per heavy atom. The fourth-order valence-corrected chi connectivity index (χ4v) is 5.96. The zero-order valence-electron chi connectivity index (χ0n) is 19.2. The van der Waals surface area contributed by atoms with Crippen LogP contribution >= 0.6 is 0 Å². The minimum absolute atomic E-state index is 0.177. The Kier molecular flexibility index (Phi) is 7.00. The molecule has 0 saturated carbocycles. The van der Waals surface area contributed by atoms with Crippen LogP contribution in [0.5, 0.6) is 0 Å². The first-order valence-corrected chi connectivity index (χ1v) is 13.1. The van der Waals surface area contributed by atoms with Gasteiger partial charge in [-0.25, -0.2) is 12.7 Å². The smallest absolute Gasteiger partial charge is 0.213 e. The van der Waals surface area contributed by atoms with Crippen molar-refractivity contribution in [1.82, 2.24) is 19.9 Å². The van der Waals surface area contributed by atoms with Crippen LogP contribution in [-0.4, -0.2) is 50.6 Å². The third-order valence-electron chi connectivity index (χ3n) is 6.51. The van der Waals surface area contributed by atoms with E-state index in [1.165, 1.54) is 33.2 Å². The van der Waals surface area contributed by atoms with Crippen molar-refractivity contribution in [3.8, 4) is 11.1 Å². The van der Waals surface area contributed by atoms with Crippen molar-refractivity contribution in [3.63, 3.8) is 0 Å². The Hall–Kier alpha value is -2.19. The van der Waals surface area contributed by atoms with E-state index >= 15 is 0 Å². The molecule has 2 aromatic carbocycles. The summed E-state index contributed by atoms with van der Waals surface area (Å²) in [6.07, 6.45) is 3.84. The van der Waals surface area contributed by atoms with Gasteiger partial charge in [-0.1, -0.05) is 12.1 Å². The monoisotopic (exact) mass is 454 g/mol. The Labute approximate surface area is 191 Å². The predicted octanol–water partition coefficient (Wildman–Crippen LogP) is 3.80. The molecule has 6 nitrogen and oxygen atoms in total. The SMILES string of the molecule is CCS(=O)(=O)N1CCC(c2c[nH]c3ccc(-c4cc(CNC)cc(CNC)c4)cc23)CC1. The van der Waals surface area contributed by atoms with E-state index in [1.54, 1.807) is 11.2 Å². The van der Waals surface area contributed by atoms with Crippen molar-refractivity contribution < 1.29 is 8.42 Å². The molecule has 1 aliphatic heterocycles. The zero-order chi connectivity index (χ0) is 22.7. The molecule has 1 aliphatic rings. The van der Waals surface area contributed by atoms with Crippen molar-refractivity contribution in [3.05, 3.63) is 59.3 Å². The van der Waals surface area contributed by atoms with Gasteiger partial charge in [-0.05, 0) is 91.9 Å². The molecular weight excluding hydrogens is 420 g/mol. The maximum absolute atomic E-state index is 12.2. The quantitative estimate of drug-likeness (QED) is 0.484. The number of nitrogens with one attached hydrogen (secondary N) is 3. The number of hydrogen-bond acceptors (Lipinski definition) is 4. The standard InChI is InChI=1S/C25H34N4O2S/c1-4-32(30,31)29-9-7-20(8-10-29)24-17-28-25-6-5-21(14-23(24)25)22-12-18(15-26-2)11-19(13-22)16-27-3/h5-6,11-14,17,20,26-28H,4,7-10,15-16H2,1-3H3. The van der Waals surface area contributed by atoms with E-state index in [0.29, 0.717) is 19.0 Å². The van der Waals surface area contributed by atoms with Crippen LogP contribution in [-0.2, 0) is 23.1 Å². The van der Waals surface area contributed by atoms with Crippen LogP contribution in [0, 0.1) is 0 Å². The number of hydrogen-bond donors (Lipinski definition) is 3. The molecule has 1 saturated heterocycles. The van der Waals surface area contributed by atoms with Gasteiger partial charge in [0.1, 0.15) is 0 Å². The van der Waals surface area contributed by atoms with Crippen LogP contribution in [0.2, 0.25) is 0 Å². The molecule has 0 atom stereocenters. The normalized spacial score (nSPS) is 16.1. The molecule has 0 unspecified atom stereocenters. The van der Waals surface area contributed by atoms with Gasteiger partial charge in [-0.3, -0.25) is 0 Å². The van der Waals surface area contributed by atoms with E-state index in [1.807, 2.05) is 14.1 Å². The number of benzene rings is 2. The van der Waals surface area contributed by atoms with Gasteiger partial charge in [-0.2, -0.15) is 0 Å². The summed E-state index contributed by atoms with van der Waals surface area (Å²) < 4.78 is 26.1. The highest BCUT2D eigenvalue weighted by Gasteiger charge is 2.28. The molecule has 1 aromatic heterocycles. The Morgan fingerprint density at radius 1 is 0.969 bits per heavy atom. The predicted molar refractivity (Wildman–Crippen MR) is 132 cm³/mol. The van der Waals surface area contributed by atoms with E-state index in [-0.39, 0.29) is 5.75 Å². The second-order valence-corrected chi connectivity index (χ2v) is 10.9. The Balaban J connectivity index is 1.64. The minimum atomic E-state index is -3.10. The second-order valence-electron chi connectivity index (χ2n) is 8.68. The summed E-state index contributed by atoms with van der Waals surface area (Å²) in [5, 5.41) is 7.76. The van der Waals surface area contributed by atoms with Gasteiger partial charge in [0.25, 0.3) is 0 Å². The van der Waals surface area contributed by atoms with Crippen molar-refractivity contribution in [2.45, 2.75) is 38.8 Å². The first kappa shape index (κ1) is 23.0. The van der Waals surface area contributed by atoms with Gasteiger partial charge >= 0.3 is 0 Å². The summed E-state index contributed by atoms with van der Waals surface area (Å²) in [6.45, 7) is 4.60. The Morgan fingerprint density at radius 3 is 2.22 bits per heavy atom. The van der Waals surface area contributed by atoms with Crippen molar-refractivity contribution >= 4 is 20.9 Å². The summed E-state index contributed by atoms with van der Waals surface area (Å²) in [6, 6.07) is 13.4. The highest BCUT2D eigenvalue weighted by Crippen LogP contribution is 2.36. The van der Waals surface area contributed by atoms with E-state index in [0.717, 1.165) is 31.4 Å². The molecule has 3 N–H and O–H groups in total. The van der Waals surface area contributed by atoms with Gasteiger partial charge in [-0.15, -0.1) is 0 Å². The zero-order valence-corrected chi connectivity index (χ0v) is 20.1. The van der Waals surface area contributed by atoms with Crippen molar-refractivity contribution in [1.29, 1.82) is 0 Å². The third-order valence-corrected chi connectivity index (χ3v) is 8.39. The van der Waals surface area contributed by atoms with E-state index < -0.39 is 10.0 Å². The number of aromatic nitrogens is 1. The molecule has 0 amide bonds. The van der Waals surface area contributed by atoms with Gasteiger partial charge < -0.3 is 15.6 Å². The first-order valence-electron chi connectivity index (χ1n) is 11.5. The highest BCUT2D eigenvalue weighted by atomic mass is 32.2. The van der Waals surface area contributed by atoms with Gasteiger partial charge in [0.05, 0.1) is 5.75 Å². The lowest BCUT2D eigenvalue weighted by atomic mass is 9.89. The number of piperidine rings is 1. The maximum atomic E-state index is 12.2. The number of fused-ring (bicyclic) bond motifs is 1. The molecule has 1 fully saturated rings. The topological polar surface area (TPSA) is 77.2 Å². The van der Waals surface area contributed by atoms with Crippen molar-refractivity contribution in [2.24, 2.45) is 0 Å². The number of H-pyrrole nitrogens is 1. The van der Waals surface area contributed by atoms with Gasteiger partial charge in [0.15, 0.2) is 0 Å². The minimum Gasteiger partial charge on any atom is -0.361 e. The fourth-order valence-electron chi connectivity index (χ4n) is 4.83. The van der Waals surface area contributed by atoms with Crippen LogP contribution in [0.4, 0.5) is 0 Å². The molecule has 0 bridgehead atoms. The van der Waals surface area contributed by atoms with E-state index in [4.69, 9.17) is 0 Å². The maximum Gasteiger partial charge on any atom is 0.213 e. The van der Waals surface area contributed by atoms with Crippen LogP contribution < -0.4 is 10.6 Å². The number of nitrogens with zero attached hydrogens (tertiary/aromatic N) is 1. The molecule has 3 aromatic rings. The molecule has 32 heavy (non-hydrogen) atoms. The summed E-state index contributed by atoms with van der Waals surface area (Å²) in [7, 11) is 0.842. The van der Waals surface area contributed by atoms with Gasteiger partial charge in [0.2, 0.25) is 10.0 Å². The summed E-state index contributed by atoms with van der Waals surface area (Å²) >= 11 is 0. The molecule has 0 spiro atoms. The van der Waals surface area contributed by atoms with Gasteiger partial charge in [0, 0.05) is 43.3 Å². The number of rotatable bonds is 8. The lowest BCUT2D eigenvalue weighted by Crippen LogP contribution is -2.38. The first-order chi connectivity index (χ1) is 15.4. The fraction of sp³-hybridized carbons (Fsp3) is 0.440. The lowest BCUT2D eigenvalue weighted by Gasteiger charge is -2.30. The molecule has 7 heteroatoms. The van der Waals surface area contributed by atoms with E-state index in [9.17, 15) is 8.42 Å². The summed E-state index contributed by atoms with van der Waals surface area (Å²) in [5.74, 6) is 0.550. The lowest BCUT2D eigenvalue weighted by molar-refractivity contribution is 0.321. The van der Waals surface area contributed by atoms with E-state index in [2.05, 4.69) is 58.2 Å². The third kappa shape index (κ3) is 4.76. The highest BCUT2D eigenvalue weighted by molar-refractivity contribution is 7.89. The Bertz CT molecular complexity index is 1150. The molecular formula is C25H34N4O2S. The summed E-state index contributed by atoms with van der Waals surface area (Å²) in [5.41, 5.74) is 7.41. The molecule has 0 radical (unpaired) electrons. The van der Waals surface area contributed by atoms with Crippen LogP contribution in [0.25, 0.3) is 22.0 Å². The van der Waals surface area contributed by atoms with Crippen LogP contribution in [0.3, 0.4) is 0 Å². The number of aromatic amines is 1. The molecule has 0 aliphatic carbocycles. The molecule has 2 heterocycles. The molecule has 4 rings (SSSR count). The number of sulfonamides is 1. The van der Waals surface area contributed by atoms with Crippen LogP contribution in [0.15, 0.2) is 42.6 Å². The average molecular weight is 455 g/mol. The average Bonchev–Trinajstić information content (AvgIpc) is 3.23. The largest absolute Gasteiger partial charge is 0.361 e.